The van der Waals surface area contributed by atoms with Crippen molar-refractivity contribution in [2.45, 2.75) is 6.92 Å². The Kier molecular flexibility index (Phi) is 4.72. The molecule has 1 aliphatic heterocycles. The maximum absolute atomic E-state index is 14.3. The topological polar surface area (TPSA) is 86.3 Å². The summed E-state index contributed by atoms with van der Waals surface area (Å²) in [6.07, 6.45) is 0. The van der Waals surface area contributed by atoms with Gasteiger partial charge < -0.3 is 9.80 Å². The fourth-order valence-corrected chi connectivity index (χ4v) is 3.77. The van der Waals surface area contributed by atoms with E-state index in [-0.39, 0.29) is 5.69 Å². The Morgan fingerprint density at radius 1 is 1.10 bits per heavy atom. The van der Waals surface area contributed by atoms with Gasteiger partial charge in [0.25, 0.3) is 5.69 Å². The second-order valence-electron chi connectivity index (χ2n) is 6.97. The Labute approximate surface area is 166 Å². The second kappa shape index (κ2) is 7.36. The molecule has 1 saturated heterocycles. The molecule has 0 aliphatic carbocycles. The SMILES string of the molecule is Cc1cc(N2CCN(c3ccc(C#N)cc3F)CC2)c2cccc([N+](=O)[O-])c2n1. The number of aromatic nitrogens is 1. The van der Waals surface area contributed by atoms with Gasteiger partial charge in [0, 0.05) is 49.0 Å². The van der Waals surface area contributed by atoms with Crippen LogP contribution in [0.4, 0.5) is 21.5 Å². The van der Waals surface area contributed by atoms with Crippen molar-refractivity contribution in [3.8, 4) is 6.07 Å². The number of fused-ring (bicyclic) bond motifs is 1. The summed E-state index contributed by atoms with van der Waals surface area (Å²) < 4.78 is 14.3. The van der Waals surface area contributed by atoms with E-state index in [2.05, 4.69) is 9.88 Å². The van der Waals surface area contributed by atoms with Gasteiger partial charge in [-0.3, -0.25) is 10.1 Å². The van der Waals surface area contributed by atoms with Gasteiger partial charge in [0.1, 0.15) is 5.82 Å². The standard InChI is InChI=1S/C21H18FN5O2/c1-14-11-20(16-3-2-4-19(27(28)29)21(16)24-14)26-9-7-25(8-10-26)18-6-5-15(13-23)12-17(18)22/h2-6,11-12H,7-10H2,1H3. The van der Waals surface area contributed by atoms with Gasteiger partial charge in [0.2, 0.25) is 0 Å². The summed E-state index contributed by atoms with van der Waals surface area (Å²) in [7, 11) is 0. The highest BCUT2D eigenvalue weighted by atomic mass is 19.1. The molecule has 7 nitrogen and oxygen atoms in total. The summed E-state index contributed by atoms with van der Waals surface area (Å²) in [5, 5.41) is 21.0. The van der Waals surface area contributed by atoms with E-state index in [1.54, 1.807) is 18.2 Å². The number of nitro benzene ring substituents is 1. The lowest BCUT2D eigenvalue weighted by Gasteiger charge is -2.38. The third-order valence-corrected chi connectivity index (χ3v) is 5.16. The number of pyridine rings is 1. The molecule has 8 heteroatoms. The van der Waals surface area contributed by atoms with Gasteiger partial charge in [-0.25, -0.2) is 9.37 Å². The number of nitriles is 1. The van der Waals surface area contributed by atoms with E-state index in [1.807, 2.05) is 30.0 Å². The van der Waals surface area contributed by atoms with Crippen molar-refractivity contribution in [3.05, 3.63) is 69.7 Å². The molecule has 3 aromatic rings. The minimum absolute atomic E-state index is 0.00857. The highest BCUT2D eigenvalue weighted by Crippen LogP contribution is 2.33. The predicted molar refractivity (Wildman–Crippen MR) is 109 cm³/mol. The van der Waals surface area contributed by atoms with Gasteiger partial charge >= 0.3 is 0 Å². The number of para-hydroxylation sites is 1. The lowest BCUT2D eigenvalue weighted by Crippen LogP contribution is -2.47. The summed E-state index contributed by atoms with van der Waals surface area (Å²) >= 11 is 0. The number of hydrogen-bond donors (Lipinski definition) is 0. The average Bonchev–Trinajstić information content (AvgIpc) is 2.72. The molecule has 2 aromatic carbocycles. The number of benzene rings is 2. The number of hydrogen-bond acceptors (Lipinski definition) is 6. The van der Waals surface area contributed by atoms with Crippen LogP contribution in [0.25, 0.3) is 10.9 Å². The van der Waals surface area contributed by atoms with Gasteiger partial charge in [-0.2, -0.15) is 5.26 Å². The lowest BCUT2D eigenvalue weighted by molar-refractivity contribution is -0.383. The van der Waals surface area contributed by atoms with Crippen LogP contribution >= 0.6 is 0 Å². The molecular formula is C21H18FN5O2. The van der Waals surface area contributed by atoms with E-state index >= 15 is 0 Å². The van der Waals surface area contributed by atoms with Crippen LogP contribution in [0.3, 0.4) is 0 Å². The first kappa shape index (κ1) is 18.6. The Balaban J connectivity index is 1.62. The number of anilines is 2. The summed E-state index contributed by atoms with van der Waals surface area (Å²) in [4.78, 5) is 19.5. The minimum atomic E-state index is -0.413. The summed E-state index contributed by atoms with van der Waals surface area (Å²) in [6, 6.07) is 13.4. The first-order valence-corrected chi connectivity index (χ1v) is 9.22. The number of rotatable bonds is 3. The molecule has 0 bridgehead atoms. The zero-order valence-electron chi connectivity index (χ0n) is 15.8. The smallest absolute Gasteiger partial charge is 0.295 e. The van der Waals surface area contributed by atoms with Crippen molar-refractivity contribution in [2.24, 2.45) is 0 Å². The van der Waals surface area contributed by atoms with E-state index in [0.717, 1.165) is 11.1 Å². The summed E-state index contributed by atoms with van der Waals surface area (Å²) in [5.41, 5.74) is 2.76. The Morgan fingerprint density at radius 3 is 2.41 bits per heavy atom. The quantitative estimate of drug-likeness (QED) is 0.499. The predicted octanol–water partition coefficient (Wildman–Crippen LogP) is 3.79. The van der Waals surface area contributed by atoms with Crippen LogP contribution in [0.2, 0.25) is 0 Å². The second-order valence-corrected chi connectivity index (χ2v) is 6.97. The highest BCUT2D eigenvalue weighted by molar-refractivity contribution is 5.97. The molecule has 0 radical (unpaired) electrons. The number of piperazine rings is 1. The molecule has 0 saturated carbocycles. The van der Waals surface area contributed by atoms with Crippen LogP contribution in [0.1, 0.15) is 11.3 Å². The van der Waals surface area contributed by atoms with Crippen molar-refractivity contribution in [2.75, 3.05) is 36.0 Å². The van der Waals surface area contributed by atoms with Crippen LogP contribution in [0.15, 0.2) is 42.5 Å². The molecule has 1 aliphatic rings. The summed E-state index contributed by atoms with van der Waals surface area (Å²) in [5.74, 6) is -0.404. The van der Waals surface area contributed by atoms with Gasteiger partial charge in [-0.05, 0) is 31.2 Å². The molecule has 146 valence electrons. The van der Waals surface area contributed by atoms with Crippen molar-refractivity contribution in [3.63, 3.8) is 0 Å². The number of aryl methyl sites for hydroxylation is 1. The largest absolute Gasteiger partial charge is 0.367 e. The van der Waals surface area contributed by atoms with Crippen LogP contribution in [0, 0.1) is 34.2 Å². The molecule has 0 N–H and O–H groups in total. The van der Waals surface area contributed by atoms with Gasteiger partial charge in [-0.1, -0.05) is 12.1 Å². The Bertz CT molecular complexity index is 1150. The summed E-state index contributed by atoms with van der Waals surface area (Å²) in [6.45, 7) is 4.30. The van der Waals surface area contributed by atoms with E-state index in [4.69, 9.17) is 5.26 Å². The third-order valence-electron chi connectivity index (χ3n) is 5.16. The molecule has 1 aromatic heterocycles. The van der Waals surface area contributed by atoms with Crippen molar-refractivity contribution < 1.29 is 9.31 Å². The maximum atomic E-state index is 14.3. The minimum Gasteiger partial charge on any atom is -0.367 e. The molecule has 0 spiro atoms. The molecule has 0 unspecified atom stereocenters. The molecule has 0 amide bonds. The van der Waals surface area contributed by atoms with Gasteiger partial charge in [0.05, 0.1) is 22.2 Å². The zero-order valence-corrected chi connectivity index (χ0v) is 15.8. The van der Waals surface area contributed by atoms with Crippen LogP contribution in [-0.2, 0) is 0 Å². The monoisotopic (exact) mass is 391 g/mol. The highest BCUT2D eigenvalue weighted by Gasteiger charge is 2.23. The lowest BCUT2D eigenvalue weighted by atomic mass is 10.1. The van der Waals surface area contributed by atoms with E-state index in [1.165, 1.54) is 12.1 Å². The zero-order chi connectivity index (χ0) is 20.5. The van der Waals surface area contributed by atoms with Crippen LogP contribution < -0.4 is 9.80 Å². The van der Waals surface area contributed by atoms with Crippen molar-refractivity contribution in [1.29, 1.82) is 5.26 Å². The van der Waals surface area contributed by atoms with Crippen LogP contribution in [-0.4, -0.2) is 36.1 Å². The van der Waals surface area contributed by atoms with E-state index < -0.39 is 10.7 Å². The fraction of sp³-hybridized carbons (Fsp3) is 0.238. The maximum Gasteiger partial charge on any atom is 0.295 e. The number of non-ortho nitro benzene ring substituents is 1. The molecule has 0 atom stereocenters. The number of halogens is 1. The molecular weight excluding hydrogens is 373 g/mol. The number of nitro groups is 1. The molecule has 29 heavy (non-hydrogen) atoms. The Hall–Kier alpha value is -3.73. The molecule has 2 heterocycles. The fourth-order valence-electron chi connectivity index (χ4n) is 3.77. The van der Waals surface area contributed by atoms with Gasteiger partial charge in [-0.15, -0.1) is 0 Å². The van der Waals surface area contributed by atoms with Crippen molar-refractivity contribution in [1.82, 2.24) is 4.98 Å². The third kappa shape index (κ3) is 3.43. The molecule has 1 fully saturated rings. The molecule has 4 rings (SSSR count). The van der Waals surface area contributed by atoms with E-state index in [9.17, 15) is 14.5 Å². The van der Waals surface area contributed by atoms with E-state index in [0.29, 0.717) is 48.6 Å². The van der Waals surface area contributed by atoms with Crippen LogP contribution in [0.5, 0.6) is 0 Å². The van der Waals surface area contributed by atoms with Crippen molar-refractivity contribution >= 4 is 28.0 Å². The number of nitrogens with zero attached hydrogens (tertiary/aromatic N) is 5. The van der Waals surface area contributed by atoms with Gasteiger partial charge in [0.15, 0.2) is 5.52 Å². The Morgan fingerprint density at radius 2 is 1.79 bits per heavy atom. The first-order chi connectivity index (χ1) is 14.0. The first-order valence-electron chi connectivity index (χ1n) is 9.22. The average molecular weight is 391 g/mol. The normalized spacial score (nSPS) is 14.1.